The van der Waals surface area contributed by atoms with Gasteiger partial charge in [-0.2, -0.15) is 0 Å². The molecule has 0 aliphatic heterocycles. The molecule has 1 aromatic carbocycles. The summed E-state index contributed by atoms with van der Waals surface area (Å²) in [5, 5.41) is 9.31. The van der Waals surface area contributed by atoms with E-state index in [0.717, 1.165) is 0 Å². The van der Waals surface area contributed by atoms with Crippen molar-refractivity contribution in [3.05, 3.63) is 30.2 Å². The van der Waals surface area contributed by atoms with E-state index in [0.29, 0.717) is 5.52 Å². The highest BCUT2D eigenvalue weighted by molar-refractivity contribution is 5.83. The van der Waals surface area contributed by atoms with Gasteiger partial charge < -0.3 is 10.8 Å². The number of nitrogens with zero attached hydrogens (tertiary/aromatic N) is 1. The second kappa shape index (κ2) is 2.58. The summed E-state index contributed by atoms with van der Waals surface area (Å²) in [4.78, 5) is 3.84. The van der Waals surface area contributed by atoms with E-state index in [4.69, 9.17) is 10.8 Å². The van der Waals surface area contributed by atoms with Gasteiger partial charge in [-0.3, -0.25) is 4.98 Å². The van der Waals surface area contributed by atoms with Crippen LogP contribution < -0.4 is 5.73 Å². The Kier molecular flexibility index (Phi) is 1.55. The van der Waals surface area contributed by atoms with Gasteiger partial charge in [0.05, 0.1) is 17.4 Å². The lowest BCUT2D eigenvalue weighted by Gasteiger charge is -2.01. The highest BCUT2D eigenvalue weighted by atomic mass is 19.1. The van der Waals surface area contributed by atoms with Crippen LogP contribution in [0.2, 0.25) is 0 Å². The minimum atomic E-state index is -0.541. The van der Waals surface area contributed by atoms with Gasteiger partial charge >= 0.3 is 0 Å². The van der Waals surface area contributed by atoms with Crippen molar-refractivity contribution in [2.45, 2.75) is 0 Å². The molecule has 0 saturated heterocycles. The molecule has 1 heterocycles. The number of nitrogens with two attached hydrogens (primary N) is 1. The fourth-order valence-electron chi connectivity index (χ4n) is 1.17. The summed E-state index contributed by atoms with van der Waals surface area (Å²) in [6.45, 7) is 0. The maximum Gasteiger partial charge on any atom is 0.155 e. The van der Waals surface area contributed by atoms with Crippen LogP contribution in [0.5, 0.6) is 5.75 Å². The summed E-state index contributed by atoms with van der Waals surface area (Å²) >= 11 is 0. The number of hydrogen-bond acceptors (Lipinski definition) is 3. The van der Waals surface area contributed by atoms with E-state index in [-0.39, 0.29) is 16.8 Å². The number of pyridine rings is 1. The summed E-state index contributed by atoms with van der Waals surface area (Å²) in [6.07, 6.45) is 1.26. The standard InChI is InChI=1S/C9H7FN2O/c10-9-6-3-5(13)4-12-8(6)2-1-7(9)11/h1-4,13H,11H2. The molecule has 0 atom stereocenters. The number of hydrogen-bond donors (Lipinski definition) is 2. The van der Waals surface area contributed by atoms with Crippen LogP contribution in [0.4, 0.5) is 10.1 Å². The molecule has 0 unspecified atom stereocenters. The molecule has 0 amide bonds. The Bertz CT molecular complexity index is 465. The fraction of sp³-hybridized carbons (Fsp3) is 0. The zero-order valence-corrected chi connectivity index (χ0v) is 6.66. The first kappa shape index (κ1) is 7.79. The lowest BCUT2D eigenvalue weighted by Crippen LogP contribution is -1.91. The number of rotatable bonds is 0. The summed E-state index contributed by atoms with van der Waals surface area (Å²) in [7, 11) is 0. The zero-order chi connectivity index (χ0) is 9.42. The molecule has 4 heteroatoms. The molecule has 0 saturated carbocycles. The van der Waals surface area contributed by atoms with Gasteiger partial charge in [0.1, 0.15) is 5.75 Å². The Morgan fingerprint density at radius 1 is 1.38 bits per heavy atom. The molecule has 3 N–H and O–H groups in total. The molecule has 0 spiro atoms. The molecule has 2 rings (SSSR count). The Hall–Kier alpha value is -1.84. The Morgan fingerprint density at radius 2 is 2.15 bits per heavy atom. The summed E-state index contributed by atoms with van der Waals surface area (Å²) in [5.41, 5.74) is 5.88. The first-order valence-electron chi connectivity index (χ1n) is 3.71. The van der Waals surface area contributed by atoms with Crippen LogP contribution in [0.3, 0.4) is 0 Å². The zero-order valence-electron chi connectivity index (χ0n) is 6.66. The molecular formula is C9H7FN2O. The van der Waals surface area contributed by atoms with E-state index in [2.05, 4.69) is 4.98 Å². The SMILES string of the molecule is Nc1ccc2ncc(O)cc2c1F. The highest BCUT2D eigenvalue weighted by Crippen LogP contribution is 2.23. The van der Waals surface area contributed by atoms with Gasteiger partial charge in [-0.15, -0.1) is 0 Å². The van der Waals surface area contributed by atoms with Gasteiger partial charge in [-0.25, -0.2) is 4.39 Å². The van der Waals surface area contributed by atoms with E-state index in [1.165, 1.54) is 18.3 Å². The van der Waals surface area contributed by atoms with Crippen LogP contribution >= 0.6 is 0 Å². The van der Waals surface area contributed by atoms with Crippen molar-refractivity contribution in [1.29, 1.82) is 0 Å². The largest absolute Gasteiger partial charge is 0.506 e. The Morgan fingerprint density at radius 3 is 2.92 bits per heavy atom. The van der Waals surface area contributed by atoms with Crippen molar-refractivity contribution in [2.24, 2.45) is 0 Å². The second-order valence-electron chi connectivity index (χ2n) is 2.73. The van der Waals surface area contributed by atoms with Crippen LogP contribution in [0.15, 0.2) is 24.4 Å². The minimum absolute atomic E-state index is 0.0555. The van der Waals surface area contributed by atoms with E-state index in [1.54, 1.807) is 6.07 Å². The lowest BCUT2D eigenvalue weighted by molar-refractivity contribution is 0.473. The molecule has 66 valence electrons. The third-order valence-corrected chi connectivity index (χ3v) is 1.81. The van der Waals surface area contributed by atoms with Gasteiger partial charge in [0, 0.05) is 5.39 Å². The monoisotopic (exact) mass is 178 g/mol. The van der Waals surface area contributed by atoms with Gasteiger partial charge in [-0.1, -0.05) is 0 Å². The third-order valence-electron chi connectivity index (χ3n) is 1.81. The van der Waals surface area contributed by atoms with Crippen molar-refractivity contribution in [1.82, 2.24) is 4.98 Å². The average molecular weight is 178 g/mol. The number of halogens is 1. The van der Waals surface area contributed by atoms with E-state index in [9.17, 15) is 4.39 Å². The molecule has 0 radical (unpaired) electrons. The lowest BCUT2D eigenvalue weighted by atomic mass is 10.2. The number of benzene rings is 1. The summed E-state index contributed by atoms with van der Waals surface area (Å²) < 4.78 is 13.3. The van der Waals surface area contributed by atoms with Crippen molar-refractivity contribution in [3.8, 4) is 5.75 Å². The number of anilines is 1. The molecule has 3 nitrogen and oxygen atoms in total. The van der Waals surface area contributed by atoms with Crippen molar-refractivity contribution in [2.75, 3.05) is 5.73 Å². The van der Waals surface area contributed by atoms with Gasteiger partial charge in [-0.05, 0) is 18.2 Å². The molecular weight excluding hydrogens is 171 g/mol. The number of fused-ring (bicyclic) bond motifs is 1. The van der Waals surface area contributed by atoms with Gasteiger partial charge in [0.2, 0.25) is 0 Å². The molecule has 1 aromatic heterocycles. The maximum absolute atomic E-state index is 13.3. The van der Waals surface area contributed by atoms with E-state index >= 15 is 0 Å². The number of aromatic nitrogens is 1. The third kappa shape index (κ3) is 1.16. The first-order chi connectivity index (χ1) is 6.18. The number of nitrogen functional groups attached to an aromatic ring is 1. The van der Waals surface area contributed by atoms with Crippen molar-refractivity contribution < 1.29 is 9.50 Å². The van der Waals surface area contributed by atoms with Crippen LogP contribution in [-0.2, 0) is 0 Å². The van der Waals surface area contributed by atoms with Gasteiger partial charge in [0.25, 0.3) is 0 Å². The maximum atomic E-state index is 13.3. The van der Waals surface area contributed by atoms with Crippen LogP contribution in [0.1, 0.15) is 0 Å². The van der Waals surface area contributed by atoms with Crippen LogP contribution in [0, 0.1) is 5.82 Å². The predicted molar refractivity (Wildman–Crippen MR) is 47.8 cm³/mol. The highest BCUT2D eigenvalue weighted by Gasteiger charge is 2.05. The second-order valence-corrected chi connectivity index (χ2v) is 2.73. The smallest absolute Gasteiger partial charge is 0.155 e. The molecule has 0 bridgehead atoms. The van der Waals surface area contributed by atoms with Crippen LogP contribution in [-0.4, -0.2) is 10.1 Å². The predicted octanol–water partition coefficient (Wildman–Crippen LogP) is 1.66. The number of aromatic hydroxyl groups is 1. The molecule has 0 aliphatic carbocycles. The topological polar surface area (TPSA) is 59.1 Å². The first-order valence-corrected chi connectivity index (χ1v) is 3.71. The molecule has 0 fully saturated rings. The normalized spacial score (nSPS) is 10.5. The van der Waals surface area contributed by atoms with E-state index in [1.807, 2.05) is 0 Å². The quantitative estimate of drug-likeness (QED) is 0.603. The van der Waals surface area contributed by atoms with Gasteiger partial charge in [0.15, 0.2) is 5.82 Å². The fourth-order valence-corrected chi connectivity index (χ4v) is 1.17. The average Bonchev–Trinajstić information content (AvgIpc) is 2.12. The van der Waals surface area contributed by atoms with Crippen molar-refractivity contribution in [3.63, 3.8) is 0 Å². The van der Waals surface area contributed by atoms with E-state index < -0.39 is 5.82 Å². The minimum Gasteiger partial charge on any atom is -0.506 e. The van der Waals surface area contributed by atoms with Crippen molar-refractivity contribution >= 4 is 16.6 Å². The Balaban J connectivity index is 2.89. The Labute approximate surface area is 73.6 Å². The summed E-state index contributed by atoms with van der Waals surface area (Å²) in [6, 6.07) is 4.35. The molecule has 2 aromatic rings. The van der Waals surface area contributed by atoms with Crippen LogP contribution in [0.25, 0.3) is 10.9 Å². The summed E-state index contributed by atoms with van der Waals surface area (Å²) in [5.74, 6) is -0.613. The molecule has 13 heavy (non-hydrogen) atoms. The molecule has 0 aliphatic rings.